The summed E-state index contributed by atoms with van der Waals surface area (Å²) in [6, 6.07) is 3.48. The quantitative estimate of drug-likeness (QED) is 0.607. The van der Waals surface area contributed by atoms with Gasteiger partial charge in [-0.3, -0.25) is 4.90 Å². The van der Waals surface area contributed by atoms with Crippen LogP contribution >= 0.6 is 0 Å². The van der Waals surface area contributed by atoms with Gasteiger partial charge in [0.05, 0.1) is 31.5 Å². The lowest BCUT2D eigenvalue weighted by atomic mass is 10.1. The molecular weight excluding hydrogens is 331 g/mol. The number of nitrogens with one attached hydrogen (secondary N) is 1. The SMILES string of the molecule is NC(=O)NN=Cc1ccc(F)c(-c2noc(CN3CCOCC3)n2)c1. The maximum atomic E-state index is 14.1. The second-order valence-corrected chi connectivity index (χ2v) is 5.37. The minimum atomic E-state index is -0.787. The minimum absolute atomic E-state index is 0.152. The molecule has 2 aromatic rings. The van der Waals surface area contributed by atoms with E-state index in [1.54, 1.807) is 0 Å². The van der Waals surface area contributed by atoms with E-state index < -0.39 is 11.8 Å². The lowest BCUT2D eigenvalue weighted by Gasteiger charge is -2.24. The van der Waals surface area contributed by atoms with Crippen molar-refractivity contribution in [2.45, 2.75) is 6.54 Å². The van der Waals surface area contributed by atoms with Gasteiger partial charge in [0, 0.05) is 13.1 Å². The van der Waals surface area contributed by atoms with Gasteiger partial charge in [-0.05, 0) is 17.7 Å². The second-order valence-electron chi connectivity index (χ2n) is 5.37. The molecule has 25 heavy (non-hydrogen) atoms. The smallest absolute Gasteiger partial charge is 0.332 e. The van der Waals surface area contributed by atoms with E-state index in [1.165, 1.54) is 24.4 Å². The van der Waals surface area contributed by atoms with Crippen molar-refractivity contribution >= 4 is 12.2 Å². The van der Waals surface area contributed by atoms with E-state index in [4.69, 9.17) is 15.0 Å². The number of morpholine rings is 1. The number of urea groups is 1. The summed E-state index contributed by atoms with van der Waals surface area (Å²) in [6.07, 6.45) is 1.34. The van der Waals surface area contributed by atoms with Gasteiger partial charge in [-0.15, -0.1) is 0 Å². The number of primary amides is 1. The normalized spacial score (nSPS) is 15.6. The molecule has 9 nitrogen and oxygen atoms in total. The monoisotopic (exact) mass is 348 g/mol. The fourth-order valence-electron chi connectivity index (χ4n) is 2.34. The molecule has 1 saturated heterocycles. The van der Waals surface area contributed by atoms with Crippen molar-refractivity contribution in [3.05, 3.63) is 35.5 Å². The summed E-state index contributed by atoms with van der Waals surface area (Å²) in [5.74, 6) is 0.0726. The number of ether oxygens (including phenoxy) is 1. The van der Waals surface area contributed by atoms with Gasteiger partial charge < -0.3 is 15.0 Å². The lowest BCUT2D eigenvalue weighted by Crippen LogP contribution is -2.35. The van der Waals surface area contributed by atoms with Crippen LogP contribution in [0.1, 0.15) is 11.5 Å². The summed E-state index contributed by atoms with van der Waals surface area (Å²) >= 11 is 0. The topological polar surface area (TPSA) is 119 Å². The van der Waals surface area contributed by atoms with Crippen LogP contribution in [0.5, 0.6) is 0 Å². The molecular formula is C15H17FN6O3. The number of hydrogen-bond donors (Lipinski definition) is 2. The third-order valence-electron chi connectivity index (χ3n) is 3.55. The Balaban J connectivity index is 1.74. The van der Waals surface area contributed by atoms with Gasteiger partial charge in [0.25, 0.3) is 0 Å². The Morgan fingerprint density at radius 1 is 1.44 bits per heavy atom. The van der Waals surface area contributed by atoms with Gasteiger partial charge in [-0.2, -0.15) is 10.1 Å². The number of hydrazone groups is 1. The predicted molar refractivity (Wildman–Crippen MR) is 86.1 cm³/mol. The average molecular weight is 348 g/mol. The highest BCUT2D eigenvalue weighted by Crippen LogP contribution is 2.21. The molecule has 0 aliphatic carbocycles. The molecule has 0 unspecified atom stereocenters. The lowest BCUT2D eigenvalue weighted by molar-refractivity contribution is 0.0297. The zero-order valence-corrected chi connectivity index (χ0v) is 13.3. The number of nitrogens with two attached hydrogens (primary N) is 1. The third-order valence-corrected chi connectivity index (χ3v) is 3.55. The molecule has 1 aliphatic rings. The molecule has 1 aliphatic heterocycles. The Morgan fingerprint density at radius 3 is 3.00 bits per heavy atom. The van der Waals surface area contributed by atoms with Crippen LogP contribution in [0, 0.1) is 5.82 Å². The maximum Gasteiger partial charge on any atom is 0.332 e. The molecule has 0 radical (unpaired) electrons. The second kappa shape index (κ2) is 7.81. The Labute approximate surface area is 142 Å². The standard InChI is InChI=1S/C15H17FN6O3/c16-12-2-1-10(8-18-20-15(17)23)7-11(12)14-19-13(25-21-14)9-22-3-5-24-6-4-22/h1-2,7-8H,3-6,9H2,(H3,17,20,23). The molecule has 10 heteroatoms. The van der Waals surface area contributed by atoms with Crippen molar-refractivity contribution in [1.29, 1.82) is 0 Å². The van der Waals surface area contributed by atoms with Crippen molar-refractivity contribution in [1.82, 2.24) is 20.5 Å². The summed E-state index contributed by atoms with van der Waals surface area (Å²) in [5, 5.41) is 7.48. The van der Waals surface area contributed by atoms with E-state index >= 15 is 0 Å². The van der Waals surface area contributed by atoms with Crippen LogP contribution in [-0.4, -0.2) is 53.6 Å². The Hall–Kier alpha value is -2.85. The fraction of sp³-hybridized carbons (Fsp3) is 0.333. The van der Waals surface area contributed by atoms with Crippen molar-refractivity contribution in [2.75, 3.05) is 26.3 Å². The van der Waals surface area contributed by atoms with Crippen LogP contribution in [0.15, 0.2) is 27.8 Å². The highest BCUT2D eigenvalue weighted by molar-refractivity contribution is 5.83. The number of carbonyl (C=O) groups is 1. The summed E-state index contributed by atoms with van der Waals surface area (Å²) in [7, 11) is 0. The molecule has 2 heterocycles. The van der Waals surface area contributed by atoms with Gasteiger partial charge >= 0.3 is 6.03 Å². The highest BCUT2D eigenvalue weighted by Gasteiger charge is 2.17. The first-order valence-electron chi connectivity index (χ1n) is 7.63. The fourth-order valence-corrected chi connectivity index (χ4v) is 2.34. The van der Waals surface area contributed by atoms with Crippen molar-refractivity contribution < 1.29 is 18.4 Å². The molecule has 132 valence electrons. The van der Waals surface area contributed by atoms with Gasteiger partial charge in [0.2, 0.25) is 11.7 Å². The summed E-state index contributed by atoms with van der Waals surface area (Å²) < 4.78 is 24.6. The van der Waals surface area contributed by atoms with Gasteiger partial charge in [0.1, 0.15) is 5.82 Å². The van der Waals surface area contributed by atoms with Gasteiger partial charge in [-0.1, -0.05) is 11.2 Å². The Kier molecular flexibility index (Phi) is 5.31. The first-order chi connectivity index (χ1) is 12.1. The summed E-state index contributed by atoms with van der Waals surface area (Å²) in [4.78, 5) is 17.0. The number of halogens is 1. The van der Waals surface area contributed by atoms with Crippen LogP contribution in [0.2, 0.25) is 0 Å². The highest BCUT2D eigenvalue weighted by atomic mass is 19.1. The molecule has 3 N–H and O–H groups in total. The molecule has 1 aromatic heterocycles. The van der Waals surface area contributed by atoms with E-state index in [2.05, 4.69) is 25.6 Å². The first-order valence-corrected chi connectivity index (χ1v) is 7.63. The molecule has 2 amide bonds. The molecule has 0 saturated carbocycles. The maximum absolute atomic E-state index is 14.1. The number of hydrogen-bond acceptors (Lipinski definition) is 7. The van der Waals surface area contributed by atoms with Crippen molar-refractivity contribution in [3.63, 3.8) is 0 Å². The first kappa shape index (κ1) is 17.0. The zero-order valence-electron chi connectivity index (χ0n) is 13.3. The van der Waals surface area contributed by atoms with Gasteiger partial charge in [-0.25, -0.2) is 14.6 Å². The number of nitrogens with zero attached hydrogens (tertiary/aromatic N) is 4. The van der Waals surface area contributed by atoms with E-state index in [9.17, 15) is 9.18 Å². The van der Waals surface area contributed by atoms with Crippen LogP contribution in [0.25, 0.3) is 11.4 Å². The molecule has 0 bridgehead atoms. The minimum Gasteiger partial charge on any atom is -0.379 e. The average Bonchev–Trinajstić information content (AvgIpc) is 3.05. The molecule has 0 atom stereocenters. The van der Waals surface area contributed by atoms with Crippen molar-refractivity contribution in [3.8, 4) is 11.4 Å². The van der Waals surface area contributed by atoms with Crippen molar-refractivity contribution in [2.24, 2.45) is 10.8 Å². The van der Waals surface area contributed by atoms with Crippen LogP contribution in [0.4, 0.5) is 9.18 Å². The molecule has 1 fully saturated rings. The van der Waals surface area contributed by atoms with Crippen LogP contribution in [-0.2, 0) is 11.3 Å². The Bertz CT molecular complexity index is 772. The van der Waals surface area contributed by atoms with Crippen LogP contribution in [0.3, 0.4) is 0 Å². The number of carbonyl (C=O) groups excluding carboxylic acids is 1. The summed E-state index contributed by atoms with van der Waals surface area (Å²) in [6.45, 7) is 3.38. The largest absolute Gasteiger partial charge is 0.379 e. The third kappa shape index (κ3) is 4.58. The summed E-state index contributed by atoms with van der Waals surface area (Å²) in [5.41, 5.74) is 7.71. The van der Waals surface area contributed by atoms with E-state index in [1.807, 2.05) is 0 Å². The molecule has 3 rings (SSSR count). The number of rotatable bonds is 5. The van der Waals surface area contributed by atoms with E-state index in [0.29, 0.717) is 31.2 Å². The predicted octanol–water partition coefficient (Wildman–Crippen LogP) is 0.710. The molecule has 0 spiro atoms. The Morgan fingerprint density at radius 2 is 2.24 bits per heavy atom. The number of aromatic nitrogens is 2. The van der Waals surface area contributed by atoms with E-state index in [-0.39, 0.29) is 11.4 Å². The van der Waals surface area contributed by atoms with E-state index in [0.717, 1.165) is 13.1 Å². The molecule has 1 aromatic carbocycles. The number of benzene rings is 1. The zero-order chi connectivity index (χ0) is 17.6. The van der Waals surface area contributed by atoms with Crippen LogP contribution < -0.4 is 11.2 Å². The van der Waals surface area contributed by atoms with Gasteiger partial charge in [0.15, 0.2) is 0 Å². The number of amides is 2.